The lowest BCUT2D eigenvalue weighted by Gasteiger charge is -2.37. The summed E-state index contributed by atoms with van der Waals surface area (Å²) in [6.45, 7) is 4.80. The molecule has 0 aromatic heterocycles. The van der Waals surface area contributed by atoms with Gasteiger partial charge in [0.05, 0.1) is 10.7 Å². The van der Waals surface area contributed by atoms with Gasteiger partial charge in [0.25, 0.3) is 0 Å². The average molecular weight is 457 g/mol. The SMILES string of the molecule is O=C(CN1CCN(c2ccc3c(c2)OCCO3)C1=O)N1CCN(c2ccccc2Cl)CC1. The van der Waals surface area contributed by atoms with E-state index in [2.05, 4.69) is 4.90 Å². The highest BCUT2D eigenvalue weighted by molar-refractivity contribution is 6.33. The van der Waals surface area contributed by atoms with E-state index in [0.29, 0.717) is 69.0 Å². The molecule has 0 atom stereocenters. The number of urea groups is 1. The minimum absolute atomic E-state index is 0.0267. The molecule has 2 saturated heterocycles. The molecule has 32 heavy (non-hydrogen) atoms. The van der Waals surface area contributed by atoms with Crippen LogP contribution in [-0.4, -0.2) is 80.8 Å². The van der Waals surface area contributed by atoms with Crippen molar-refractivity contribution in [3.05, 3.63) is 47.5 Å². The molecule has 0 spiro atoms. The number of rotatable bonds is 4. The van der Waals surface area contributed by atoms with Gasteiger partial charge in [0.1, 0.15) is 19.8 Å². The van der Waals surface area contributed by atoms with E-state index in [4.69, 9.17) is 21.1 Å². The molecule has 3 heterocycles. The summed E-state index contributed by atoms with van der Waals surface area (Å²) >= 11 is 6.30. The highest BCUT2D eigenvalue weighted by atomic mass is 35.5. The Hall–Kier alpha value is -3.13. The van der Waals surface area contributed by atoms with Crippen LogP contribution in [0.3, 0.4) is 0 Å². The lowest BCUT2D eigenvalue weighted by molar-refractivity contribution is -0.131. The zero-order chi connectivity index (χ0) is 22.1. The van der Waals surface area contributed by atoms with E-state index in [1.165, 1.54) is 0 Å². The molecule has 0 bridgehead atoms. The van der Waals surface area contributed by atoms with Gasteiger partial charge in [0, 0.05) is 51.0 Å². The van der Waals surface area contributed by atoms with Gasteiger partial charge in [-0.25, -0.2) is 4.79 Å². The molecule has 0 aliphatic carbocycles. The van der Waals surface area contributed by atoms with Crippen molar-refractivity contribution in [3.8, 4) is 11.5 Å². The lowest BCUT2D eigenvalue weighted by atomic mass is 10.2. The first kappa shape index (κ1) is 20.8. The first-order chi connectivity index (χ1) is 15.6. The highest BCUT2D eigenvalue weighted by Crippen LogP contribution is 2.35. The van der Waals surface area contributed by atoms with Crippen LogP contribution < -0.4 is 19.3 Å². The van der Waals surface area contributed by atoms with Crippen molar-refractivity contribution in [2.75, 3.05) is 68.8 Å². The average Bonchev–Trinajstić information content (AvgIpc) is 3.19. The number of anilines is 2. The van der Waals surface area contributed by atoms with Gasteiger partial charge in [0.15, 0.2) is 11.5 Å². The topological polar surface area (TPSA) is 65.6 Å². The number of hydrogen-bond acceptors (Lipinski definition) is 5. The van der Waals surface area contributed by atoms with Crippen LogP contribution in [0.5, 0.6) is 11.5 Å². The number of piperazine rings is 1. The Morgan fingerprint density at radius 1 is 0.906 bits per heavy atom. The molecule has 0 saturated carbocycles. The first-order valence-corrected chi connectivity index (χ1v) is 11.2. The number of halogens is 1. The first-order valence-electron chi connectivity index (χ1n) is 10.8. The molecule has 3 aliphatic rings. The Morgan fingerprint density at radius 3 is 2.44 bits per heavy atom. The maximum Gasteiger partial charge on any atom is 0.325 e. The van der Waals surface area contributed by atoms with Gasteiger partial charge in [-0.15, -0.1) is 0 Å². The van der Waals surface area contributed by atoms with Crippen LogP contribution in [0.25, 0.3) is 0 Å². The molecule has 2 aromatic rings. The summed E-state index contributed by atoms with van der Waals surface area (Å²) in [4.78, 5) is 33.1. The molecule has 5 rings (SSSR count). The van der Waals surface area contributed by atoms with Crippen LogP contribution in [0.2, 0.25) is 5.02 Å². The smallest absolute Gasteiger partial charge is 0.325 e. The summed E-state index contributed by atoms with van der Waals surface area (Å²) < 4.78 is 11.2. The molecule has 2 fully saturated rings. The van der Waals surface area contributed by atoms with Gasteiger partial charge in [-0.05, 0) is 24.3 Å². The molecule has 2 aromatic carbocycles. The molecule has 3 amide bonds. The molecule has 168 valence electrons. The van der Waals surface area contributed by atoms with Gasteiger partial charge in [0.2, 0.25) is 5.91 Å². The van der Waals surface area contributed by atoms with Crippen molar-refractivity contribution < 1.29 is 19.1 Å². The third kappa shape index (κ3) is 4.02. The van der Waals surface area contributed by atoms with Gasteiger partial charge in [-0.1, -0.05) is 23.7 Å². The van der Waals surface area contributed by atoms with Gasteiger partial charge in [-0.2, -0.15) is 0 Å². The van der Waals surface area contributed by atoms with Crippen LogP contribution in [0, 0.1) is 0 Å². The minimum Gasteiger partial charge on any atom is -0.486 e. The van der Waals surface area contributed by atoms with Crippen LogP contribution in [0.4, 0.5) is 16.2 Å². The van der Waals surface area contributed by atoms with Crippen LogP contribution in [0.1, 0.15) is 0 Å². The molecule has 0 radical (unpaired) electrons. The molecule has 0 N–H and O–H groups in total. The second-order valence-corrected chi connectivity index (χ2v) is 8.41. The fraction of sp³-hybridized carbons (Fsp3) is 0.391. The number of amides is 3. The zero-order valence-electron chi connectivity index (χ0n) is 17.7. The monoisotopic (exact) mass is 456 g/mol. The number of para-hydroxylation sites is 1. The van der Waals surface area contributed by atoms with Crippen molar-refractivity contribution in [1.29, 1.82) is 0 Å². The summed E-state index contributed by atoms with van der Waals surface area (Å²) in [5.41, 5.74) is 1.74. The van der Waals surface area contributed by atoms with E-state index in [1.54, 1.807) is 9.80 Å². The van der Waals surface area contributed by atoms with Gasteiger partial charge >= 0.3 is 6.03 Å². The summed E-state index contributed by atoms with van der Waals surface area (Å²) in [6.07, 6.45) is 0. The Labute approximate surface area is 191 Å². The van der Waals surface area contributed by atoms with Gasteiger partial charge < -0.3 is 24.2 Å². The fourth-order valence-corrected chi connectivity index (χ4v) is 4.59. The number of nitrogens with zero attached hydrogens (tertiary/aromatic N) is 4. The summed E-state index contributed by atoms with van der Waals surface area (Å²) in [5.74, 6) is 1.31. The molecule has 8 nitrogen and oxygen atoms in total. The normalized spacial score (nSPS) is 18.3. The molecular weight excluding hydrogens is 432 g/mol. The highest BCUT2D eigenvalue weighted by Gasteiger charge is 2.33. The van der Waals surface area contributed by atoms with E-state index in [9.17, 15) is 9.59 Å². The number of hydrogen-bond donors (Lipinski definition) is 0. The fourth-order valence-electron chi connectivity index (χ4n) is 4.34. The third-order valence-electron chi connectivity index (χ3n) is 6.08. The Bertz CT molecular complexity index is 1020. The second-order valence-electron chi connectivity index (χ2n) is 8.00. The number of carbonyl (C=O) groups excluding carboxylic acids is 2. The lowest BCUT2D eigenvalue weighted by Crippen LogP contribution is -2.51. The van der Waals surface area contributed by atoms with Crippen molar-refractivity contribution in [1.82, 2.24) is 9.80 Å². The largest absolute Gasteiger partial charge is 0.486 e. The number of ether oxygens (including phenoxy) is 2. The predicted octanol–water partition coefficient (Wildman–Crippen LogP) is 2.70. The molecular formula is C23H25ClN4O4. The van der Waals surface area contributed by atoms with Crippen molar-refractivity contribution in [2.45, 2.75) is 0 Å². The quantitative estimate of drug-likeness (QED) is 0.707. The number of fused-ring (bicyclic) bond motifs is 1. The van der Waals surface area contributed by atoms with Crippen molar-refractivity contribution >= 4 is 34.9 Å². The van der Waals surface area contributed by atoms with Crippen molar-refractivity contribution in [2.24, 2.45) is 0 Å². The summed E-state index contributed by atoms with van der Waals surface area (Å²) in [7, 11) is 0. The van der Waals surface area contributed by atoms with E-state index in [-0.39, 0.29) is 18.5 Å². The standard InChI is InChI=1S/C23H25ClN4O4/c24-18-3-1-2-4-19(18)25-7-9-26(10-8-25)22(29)16-27-11-12-28(23(27)30)17-5-6-20-21(15-17)32-14-13-31-20/h1-6,15H,7-14,16H2. The Kier molecular flexibility index (Phi) is 5.70. The maximum absolute atomic E-state index is 13.0. The van der Waals surface area contributed by atoms with E-state index >= 15 is 0 Å². The van der Waals surface area contributed by atoms with E-state index in [1.807, 2.05) is 47.4 Å². The maximum atomic E-state index is 13.0. The van der Waals surface area contributed by atoms with E-state index in [0.717, 1.165) is 11.4 Å². The van der Waals surface area contributed by atoms with Crippen LogP contribution >= 0.6 is 11.6 Å². The van der Waals surface area contributed by atoms with Crippen LogP contribution in [-0.2, 0) is 4.79 Å². The summed E-state index contributed by atoms with van der Waals surface area (Å²) in [5, 5.41) is 0.717. The van der Waals surface area contributed by atoms with Crippen LogP contribution in [0.15, 0.2) is 42.5 Å². The van der Waals surface area contributed by atoms with Crippen molar-refractivity contribution in [3.63, 3.8) is 0 Å². The zero-order valence-corrected chi connectivity index (χ0v) is 18.5. The predicted molar refractivity (Wildman–Crippen MR) is 122 cm³/mol. The molecule has 3 aliphatic heterocycles. The number of benzene rings is 2. The Balaban J connectivity index is 1.17. The second kappa shape index (κ2) is 8.78. The third-order valence-corrected chi connectivity index (χ3v) is 6.40. The Morgan fingerprint density at radius 2 is 1.66 bits per heavy atom. The summed E-state index contributed by atoms with van der Waals surface area (Å²) in [6, 6.07) is 13.1. The van der Waals surface area contributed by atoms with E-state index < -0.39 is 0 Å². The minimum atomic E-state index is -0.162. The molecule has 9 heteroatoms. The molecule has 0 unspecified atom stereocenters. The number of carbonyl (C=O) groups is 2. The van der Waals surface area contributed by atoms with Gasteiger partial charge in [-0.3, -0.25) is 9.69 Å².